The second kappa shape index (κ2) is 10.3. The van der Waals surface area contributed by atoms with E-state index in [0.717, 1.165) is 71.2 Å². The third-order valence-corrected chi connectivity index (χ3v) is 8.20. The van der Waals surface area contributed by atoms with Gasteiger partial charge in [-0.15, -0.1) is 0 Å². The third-order valence-electron chi connectivity index (χ3n) is 7.88. The Kier molecular flexibility index (Phi) is 6.76. The van der Waals surface area contributed by atoms with Crippen LogP contribution in [0.4, 0.5) is 11.5 Å². The number of rotatable bonds is 6. The van der Waals surface area contributed by atoms with Gasteiger partial charge in [-0.25, -0.2) is 0 Å². The van der Waals surface area contributed by atoms with Gasteiger partial charge in [-0.1, -0.05) is 35.9 Å². The second-order valence-electron chi connectivity index (χ2n) is 10.3. The number of ether oxygens (including phenoxy) is 1. The lowest BCUT2D eigenvalue weighted by Crippen LogP contribution is -2.51. The first-order valence-electron chi connectivity index (χ1n) is 13.1. The average molecular weight is 518 g/mol. The molecule has 37 heavy (non-hydrogen) atoms. The Labute approximate surface area is 222 Å². The summed E-state index contributed by atoms with van der Waals surface area (Å²) < 4.78 is 6.22. The lowest BCUT2D eigenvalue weighted by molar-refractivity contribution is 0.187. The molecule has 2 unspecified atom stereocenters. The van der Waals surface area contributed by atoms with E-state index in [9.17, 15) is 5.26 Å². The molecule has 9 heteroatoms. The topological polar surface area (TPSA) is 80.5 Å². The van der Waals surface area contributed by atoms with Gasteiger partial charge in [0.1, 0.15) is 12.4 Å². The molecule has 0 bridgehead atoms. The molecule has 3 aromatic rings. The Morgan fingerprint density at radius 1 is 1.14 bits per heavy atom. The summed E-state index contributed by atoms with van der Waals surface area (Å²) in [7, 11) is 2.15. The van der Waals surface area contributed by atoms with E-state index in [1.807, 2.05) is 12.1 Å². The Bertz CT molecular complexity index is 1340. The van der Waals surface area contributed by atoms with Gasteiger partial charge in [-0.2, -0.15) is 15.2 Å². The van der Waals surface area contributed by atoms with Gasteiger partial charge in [-0.05, 0) is 44.0 Å². The molecule has 1 N–H and O–H groups in total. The summed E-state index contributed by atoms with van der Waals surface area (Å²) in [5.74, 6) is 0.929. The molecule has 1 aromatic heterocycles. The van der Waals surface area contributed by atoms with Crippen LogP contribution in [-0.2, 0) is 13.1 Å². The number of piperazine rings is 1. The van der Waals surface area contributed by atoms with E-state index in [-0.39, 0.29) is 6.04 Å². The smallest absolute Gasteiger partial charge is 0.318 e. The van der Waals surface area contributed by atoms with Crippen molar-refractivity contribution in [2.24, 2.45) is 0 Å². The highest BCUT2D eigenvalue weighted by Crippen LogP contribution is 2.39. The summed E-state index contributed by atoms with van der Waals surface area (Å²) in [6.07, 6.45) is 2.81. The van der Waals surface area contributed by atoms with Gasteiger partial charge in [0, 0.05) is 54.9 Å². The number of nitriles is 1. The number of halogens is 1. The molecule has 6 rings (SSSR count). The van der Waals surface area contributed by atoms with Crippen molar-refractivity contribution in [3.05, 3.63) is 52.7 Å². The average Bonchev–Trinajstić information content (AvgIpc) is 3.53. The van der Waals surface area contributed by atoms with Crippen molar-refractivity contribution in [1.82, 2.24) is 20.2 Å². The number of hydrogen-bond acceptors (Lipinski definition) is 8. The second-order valence-corrected chi connectivity index (χ2v) is 10.7. The highest BCUT2D eigenvalue weighted by atomic mass is 35.5. The molecule has 2 fully saturated rings. The fourth-order valence-electron chi connectivity index (χ4n) is 5.88. The van der Waals surface area contributed by atoms with E-state index >= 15 is 0 Å². The minimum atomic E-state index is 0.121. The zero-order valence-electron chi connectivity index (χ0n) is 21.2. The maximum absolute atomic E-state index is 9.26. The highest BCUT2D eigenvalue weighted by Gasteiger charge is 2.32. The molecule has 2 aromatic carbocycles. The van der Waals surface area contributed by atoms with E-state index in [0.29, 0.717) is 38.2 Å². The van der Waals surface area contributed by atoms with Crippen molar-refractivity contribution in [1.29, 1.82) is 5.26 Å². The Morgan fingerprint density at radius 3 is 2.81 bits per heavy atom. The maximum atomic E-state index is 9.26. The van der Waals surface area contributed by atoms with E-state index in [2.05, 4.69) is 57.4 Å². The molecule has 4 heterocycles. The summed E-state index contributed by atoms with van der Waals surface area (Å²) in [4.78, 5) is 16.9. The first-order valence-corrected chi connectivity index (χ1v) is 13.5. The summed E-state index contributed by atoms with van der Waals surface area (Å²) in [6.45, 7) is 5.45. The van der Waals surface area contributed by atoms with Gasteiger partial charge in [0.15, 0.2) is 0 Å². The van der Waals surface area contributed by atoms with Crippen LogP contribution in [0.3, 0.4) is 0 Å². The number of anilines is 2. The van der Waals surface area contributed by atoms with Crippen molar-refractivity contribution in [3.8, 4) is 12.1 Å². The molecule has 0 saturated carbocycles. The number of aromatic nitrogens is 2. The Hall–Kier alpha value is -3.12. The number of nitrogens with one attached hydrogen (secondary N) is 1. The molecule has 2 atom stereocenters. The molecule has 0 radical (unpaired) electrons. The van der Waals surface area contributed by atoms with E-state index in [1.54, 1.807) is 0 Å². The summed E-state index contributed by atoms with van der Waals surface area (Å²) in [6, 6.07) is 15.6. The quantitative estimate of drug-likeness (QED) is 0.526. The lowest BCUT2D eigenvalue weighted by atomic mass is 10.1. The largest absolute Gasteiger partial charge is 0.462 e. The first kappa shape index (κ1) is 24.2. The van der Waals surface area contributed by atoms with Crippen molar-refractivity contribution in [2.45, 2.75) is 44.4 Å². The molecule has 8 nitrogen and oxygen atoms in total. The number of hydrogen-bond donors (Lipinski definition) is 1. The molecule has 0 aliphatic carbocycles. The van der Waals surface area contributed by atoms with Crippen LogP contribution in [0, 0.1) is 11.3 Å². The number of benzene rings is 2. The fraction of sp³-hybridized carbons (Fsp3) is 0.464. The van der Waals surface area contributed by atoms with E-state index in [1.165, 1.54) is 6.42 Å². The lowest BCUT2D eigenvalue weighted by Gasteiger charge is -2.34. The fourth-order valence-corrected chi connectivity index (χ4v) is 6.16. The van der Waals surface area contributed by atoms with Crippen LogP contribution in [0.25, 0.3) is 10.8 Å². The van der Waals surface area contributed by atoms with E-state index < -0.39 is 0 Å². The number of likely N-dealkylation sites (tertiary alicyclic amines) is 1. The minimum Gasteiger partial charge on any atom is -0.462 e. The molecule has 0 spiro atoms. The number of likely N-dealkylation sites (N-methyl/N-ethyl adjacent to an activating group) is 1. The molecule has 0 amide bonds. The van der Waals surface area contributed by atoms with Crippen LogP contribution in [0.2, 0.25) is 5.02 Å². The van der Waals surface area contributed by atoms with Gasteiger partial charge >= 0.3 is 6.01 Å². The molecule has 192 valence electrons. The standard InChI is InChI=1S/C28H32ClN7O/c1-34-13-4-7-21(34)18-37-28-32-24-17-36(25-9-3-6-19-5-2-8-23(29)26(19)25)16-22(24)27(33-28)35-14-12-31-20(15-35)10-11-30/h2-3,5-6,8-9,20-21,31H,4,7,10,12-18H2,1H3. The highest BCUT2D eigenvalue weighted by molar-refractivity contribution is 6.36. The SMILES string of the molecule is CN1CCCC1COc1nc2c(c(N3CCNC(CC#N)C3)n1)CN(c1cccc3cccc(Cl)c13)C2. The molecule has 2 saturated heterocycles. The predicted molar refractivity (Wildman–Crippen MR) is 146 cm³/mol. The van der Waals surface area contributed by atoms with Crippen LogP contribution >= 0.6 is 11.6 Å². The summed E-state index contributed by atoms with van der Waals surface area (Å²) in [5.41, 5.74) is 3.23. The number of fused-ring (bicyclic) bond motifs is 2. The van der Waals surface area contributed by atoms with E-state index in [4.69, 9.17) is 26.3 Å². The zero-order chi connectivity index (χ0) is 25.4. The molecular weight excluding hydrogens is 486 g/mol. The maximum Gasteiger partial charge on any atom is 0.318 e. The predicted octanol–water partition coefficient (Wildman–Crippen LogP) is 3.97. The van der Waals surface area contributed by atoms with Crippen LogP contribution in [0.5, 0.6) is 6.01 Å². The van der Waals surface area contributed by atoms with Crippen LogP contribution in [-0.4, -0.2) is 66.8 Å². The summed E-state index contributed by atoms with van der Waals surface area (Å²) >= 11 is 6.67. The van der Waals surface area contributed by atoms with Crippen molar-refractivity contribution < 1.29 is 4.74 Å². The monoisotopic (exact) mass is 517 g/mol. The van der Waals surface area contributed by atoms with Gasteiger partial charge in [0.05, 0.1) is 29.8 Å². The van der Waals surface area contributed by atoms with Crippen LogP contribution < -0.4 is 19.9 Å². The zero-order valence-corrected chi connectivity index (χ0v) is 21.9. The Balaban J connectivity index is 1.34. The van der Waals surface area contributed by atoms with Gasteiger partial charge in [0.25, 0.3) is 0 Å². The normalized spacial score (nSPS) is 21.9. The number of nitrogens with zero attached hydrogens (tertiary/aromatic N) is 6. The first-order chi connectivity index (χ1) is 18.1. The van der Waals surface area contributed by atoms with Crippen molar-refractivity contribution >= 4 is 33.9 Å². The minimum absolute atomic E-state index is 0.121. The summed E-state index contributed by atoms with van der Waals surface area (Å²) in [5, 5.41) is 15.7. The Morgan fingerprint density at radius 2 is 2.00 bits per heavy atom. The molecule has 3 aliphatic rings. The van der Waals surface area contributed by atoms with Crippen molar-refractivity contribution in [3.63, 3.8) is 0 Å². The van der Waals surface area contributed by atoms with Gasteiger partial charge in [0.2, 0.25) is 0 Å². The van der Waals surface area contributed by atoms with Crippen LogP contribution in [0.1, 0.15) is 30.5 Å². The van der Waals surface area contributed by atoms with Gasteiger partial charge in [-0.3, -0.25) is 0 Å². The molecular formula is C28H32ClN7O. The van der Waals surface area contributed by atoms with Crippen LogP contribution in [0.15, 0.2) is 36.4 Å². The van der Waals surface area contributed by atoms with Gasteiger partial charge < -0.3 is 24.8 Å². The molecule has 3 aliphatic heterocycles. The van der Waals surface area contributed by atoms with Crippen molar-refractivity contribution in [2.75, 3.05) is 49.6 Å². The third kappa shape index (κ3) is 4.79.